The summed E-state index contributed by atoms with van der Waals surface area (Å²) in [5, 5.41) is 9.27. The first kappa shape index (κ1) is 12.9. The minimum atomic E-state index is -3.41. The van der Waals surface area contributed by atoms with Crippen molar-refractivity contribution in [1.29, 1.82) is 0 Å². The molecule has 1 saturated carbocycles. The van der Waals surface area contributed by atoms with E-state index in [-0.39, 0.29) is 16.7 Å². The second-order valence-corrected chi connectivity index (χ2v) is 7.40. The molecule has 2 aliphatic rings. The van der Waals surface area contributed by atoms with Crippen LogP contribution in [0.3, 0.4) is 0 Å². The topological polar surface area (TPSA) is 57.6 Å². The third-order valence-electron chi connectivity index (χ3n) is 4.39. The van der Waals surface area contributed by atoms with Gasteiger partial charge in [-0.25, -0.2) is 8.42 Å². The van der Waals surface area contributed by atoms with Gasteiger partial charge in [0.05, 0.1) is 4.90 Å². The number of piperidine rings is 1. The third kappa shape index (κ3) is 2.25. The standard InChI is InChI=1S/C14H19NO3S/c16-12-6-8-13(9-7-12)19(17,18)15-10-2-4-11-3-1-5-14(11)15/h6-9,11,14,16H,1-5,10H2. The van der Waals surface area contributed by atoms with E-state index < -0.39 is 10.0 Å². The summed E-state index contributed by atoms with van der Waals surface area (Å²) >= 11 is 0. The van der Waals surface area contributed by atoms with Crippen molar-refractivity contribution in [1.82, 2.24) is 4.31 Å². The number of rotatable bonds is 2. The maximum atomic E-state index is 12.7. The molecule has 0 radical (unpaired) electrons. The first-order valence-electron chi connectivity index (χ1n) is 6.90. The van der Waals surface area contributed by atoms with Crippen molar-refractivity contribution in [3.8, 4) is 5.75 Å². The highest BCUT2D eigenvalue weighted by Crippen LogP contribution is 2.39. The van der Waals surface area contributed by atoms with Crippen LogP contribution in [0, 0.1) is 5.92 Å². The van der Waals surface area contributed by atoms with Gasteiger partial charge in [-0.3, -0.25) is 0 Å². The molecular formula is C14H19NO3S. The fourth-order valence-corrected chi connectivity index (χ4v) is 5.21. The van der Waals surface area contributed by atoms with Crippen molar-refractivity contribution in [3.63, 3.8) is 0 Å². The Hall–Kier alpha value is -1.07. The maximum absolute atomic E-state index is 12.7. The van der Waals surface area contributed by atoms with E-state index in [2.05, 4.69) is 0 Å². The zero-order valence-corrected chi connectivity index (χ0v) is 11.6. The lowest BCUT2D eigenvalue weighted by atomic mass is 9.94. The first-order chi connectivity index (χ1) is 9.09. The minimum absolute atomic E-state index is 0.0938. The SMILES string of the molecule is O=S(=O)(c1ccc(O)cc1)N1CCCC2CCCC21. The van der Waals surface area contributed by atoms with Gasteiger partial charge in [-0.1, -0.05) is 6.42 Å². The summed E-state index contributed by atoms with van der Waals surface area (Å²) in [5.41, 5.74) is 0. The number of hydrogen-bond acceptors (Lipinski definition) is 3. The van der Waals surface area contributed by atoms with Crippen LogP contribution in [0.25, 0.3) is 0 Å². The Morgan fingerprint density at radius 1 is 1.05 bits per heavy atom. The fourth-order valence-electron chi connectivity index (χ4n) is 3.46. The average Bonchev–Trinajstić information content (AvgIpc) is 2.87. The zero-order valence-electron chi connectivity index (χ0n) is 10.8. The number of benzene rings is 1. The molecule has 104 valence electrons. The van der Waals surface area contributed by atoms with Gasteiger partial charge in [0.2, 0.25) is 10.0 Å². The van der Waals surface area contributed by atoms with Crippen LogP contribution in [0.1, 0.15) is 32.1 Å². The maximum Gasteiger partial charge on any atom is 0.243 e. The summed E-state index contributed by atoms with van der Waals surface area (Å²) in [5.74, 6) is 0.636. The second-order valence-electron chi connectivity index (χ2n) is 5.51. The van der Waals surface area contributed by atoms with Gasteiger partial charge in [-0.2, -0.15) is 4.31 Å². The molecule has 0 amide bonds. The van der Waals surface area contributed by atoms with Gasteiger partial charge in [-0.05, 0) is 55.9 Å². The molecule has 0 bridgehead atoms. The quantitative estimate of drug-likeness (QED) is 0.905. The van der Waals surface area contributed by atoms with Crippen molar-refractivity contribution in [2.24, 2.45) is 5.92 Å². The lowest BCUT2D eigenvalue weighted by Crippen LogP contribution is -2.46. The zero-order chi connectivity index (χ0) is 13.5. The lowest BCUT2D eigenvalue weighted by molar-refractivity contribution is 0.202. The van der Waals surface area contributed by atoms with Crippen LogP contribution in [0.5, 0.6) is 5.75 Å². The summed E-state index contributed by atoms with van der Waals surface area (Å²) < 4.78 is 27.1. The number of phenolic OH excluding ortho intramolecular Hbond substituents is 1. The average molecular weight is 281 g/mol. The van der Waals surface area contributed by atoms with Crippen molar-refractivity contribution in [3.05, 3.63) is 24.3 Å². The Morgan fingerprint density at radius 3 is 2.47 bits per heavy atom. The lowest BCUT2D eigenvalue weighted by Gasteiger charge is -2.36. The predicted octanol–water partition coefficient (Wildman–Crippen LogP) is 2.35. The molecule has 0 aromatic heterocycles. The Kier molecular flexibility index (Phi) is 3.27. The number of hydrogen-bond donors (Lipinski definition) is 1. The van der Waals surface area contributed by atoms with Crippen molar-refractivity contribution in [2.75, 3.05) is 6.54 Å². The van der Waals surface area contributed by atoms with Crippen LogP contribution in [-0.4, -0.2) is 30.4 Å². The van der Waals surface area contributed by atoms with Gasteiger partial charge in [0.1, 0.15) is 5.75 Å². The van der Waals surface area contributed by atoms with E-state index in [1.807, 2.05) is 0 Å². The Morgan fingerprint density at radius 2 is 1.74 bits per heavy atom. The van der Waals surface area contributed by atoms with Crippen molar-refractivity contribution >= 4 is 10.0 Å². The molecule has 1 N–H and O–H groups in total. The molecule has 2 unspecified atom stereocenters. The van der Waals surface area contributed by atoms with E-state index in [1.165, 1.54) is 24.3 Å². The Balaban J connectivity index is 1.93. The molecule has 19 heavy (non-hydrogen) atoms. The number of phenols is 1. The largest absolute Gasteiger partial charge is 0.508 e. The van der Waals surface area contributed by atoms with Gasteiger partial charge in [0.25, 0.3) is 0 Å². The summed E-state index contributed by atoms with van der Waals surface area (Å²) in [7, 11) is -3.41. The highest BCUT2D eigenvalue weighted by Gasteiger charge is 2.41. The van der Waals surface area contributed by atoms with Crippen molar-refractivity contribution < 1.29 is 13.5 Å². The van der Waals surface area contributed by atoms with E-state index in [0.29, 0.717) is 12.5 Å². The molecule has 1 aliphatic carbocycles. The van der Waals surface area contributed by atoms with Crippen LogP contribution in [0.4, 0.5) is 0 Å². The molecule has 4 nitrogen and oxygen atoms in total. The summed E-state index contributed by atoms with van der Waals surface area (Å²) in [6.07, 6.45) is 5.40. The highest BCUT2D eigenvalue weighted by atomic mass is 32.2. The molecule has 1 aliphatic heterocycles. The third-order valence-corrected chi connectivity index (χ3v) is 6.32. The van der Waals surface area contributed by atoms with Gasteiger partial charge in [-0.15, -0.1) is 0 Å². The molecule has 3 rings (SSSR count). The van der Waals surface area contributed by atoms with Gasteiger partial charge in [0, 0.05) is 12.6 Å². The van der Waals surface area contributed by atoms with Crippen molar-refractivity contribution in [2.45, 2.75) is 43.0 Å². The molecule has 1 aromatic carbocycles. The monoisotopic (exact) mass is 281 g/mol. The van der Waals surface area contributed by atoms with E-state index in [1.54, 1.807) is 4.31 Å². The molecule has 2 fully saturated rings. The first-order valence-corrected chi connectivity index (χ1v) is 8.34. The molecular weight excluding hydrogens is 262 g/mol. The van der Waals surface area contributed by atoms with E-state index in [0.717, 1.165) is 32.1 Å². The molecule has 2 atom stereocenters. The molecule has 5 heteroatoms. The summed E-state index contributed by atoms with van der Waals surface area (Å²) in [6, 6.07) is 6.03. The smallest absolute Gasteiger partial charge is 0.243 e. The van der Waals surface area contributed by atoms with Gasteiger partial charge >= 0.3 is 0 Å². The van der Waals surface area contributed by atoms with Crippen LogP contribution in [-0.2, 0) is 10.0 Å². The summed E-state index contributed by atoms with van der Waals surface area (Å²) in [4.78, 5) is 0.290. The number of nitrogens with zero attached hydrogens (tertiary/aromatic N) is 1. The molecule has 1 aromatic rings. The predicted molar refractivity (Wildman–Crippen MR) is 72.4 cm³/mol. The second kappa shape index (κ2) is 4.80. The van der Waals surface area contributed by atoms with Crippen LogP contribution >= 0.6 is 0 Å². The van der Waals surface area contributed by atoms with Crippen LogP contribution < -0.4 is 0 Å². The normalized spacial score (nSPS) is 28.2. The van der Waals surface area contributed by atoms with E-state index in [9.17, 15) is 13.5 Å². The van der Waals surface area contributed by atoms with Gasteiger partial charge in [0.15, 0.2) is 0 Å². The number of sulfonamides is 1. The number of aromatic hydroxyl groups is 1. The van der Waals surface area contributed by atoms with Gasteiger partial charge < -0.3 is 5.11 Å². The van der Waals surface area contributed by atoms with Crippen LogP contribution in [0.2, 0.25) is 0 Å². The van der Waals surface area contributed by atoms with E-state index >= 15 is 0 Å². The molecule has 0 spiro atoms. The highest BCUT2D eigenvalue weighted by molar-refractivity contribution is 7.89. The Labute approximate surface area is 114 Å². The van der Waals surface area contributed by atoms with E-state index in [4.69, 9.17) is 0 Å². The Bertz CT molecular complexity index is 553. The minimum Gasteiger partial charge on any atom is -0.508 e. The van der Waals surface area contributed by atoms with Crippen LogP contribution in [0.15, 0.2) is 29.2 Å². The summed E-state index contributed by atoms with van der Waals surface area (Å²) in [6.45, 7) is 0.629. The molecule has 1 heterocycles. The fraction of sp³-hybridized carbons (Fsp3) is 0.571. The number of fused-ring (bicyclic) bond motifs is 1. The molecule has 1 saturated heterocycles.